The number of halogens is 2. The number of hydrazone groups is 1. The zero-order valence-corrected chi connectivity index (χ0v) is 11.5. The molecule has 0 bridgehead atoms. The van der Waals surface area contributed by atoms with Crippen molar-refractivity contribution >= 4 is 50.6 Å². The molecule has 0 aliphatic rings. The van der Waals surface area contributed by atoms with Gasteiger partial charge in [0.2, 0.25) is 5.91 Å². The first-order chi connectivity index (χ1) is 7.00. The zero-order valence-electron chi connectivity index (χ0n) is 7.79. The summed E-state index contributed by atoms with van der Waals surface area (Å²) < 4.78 is 1.31. The number of hydrogen-bond acceptors (Lipinski definition) is 3. The molecule has 2 N–H and O–H groups in total. The highest BCUT2D eigenvalue weighted by Crippen LogP contribution is 2.29. The smallest absolute Gasteiger partial charge is 0.236 e. The first kappa shape index (κ1) is 12.4. The molecule has 80 valence electrons. The van der Waals surface area contributed by atoms with E-state index in [0.29, 0.717) is 8.04 Å². The molecular weight excluding hydrogens is 375 g/mol. The molecule has 0 aromatic heterocycles. The summed E-state index contributed by atoms with van der Waals surface area (Å²) in [5.74, 6) is -0.0222. The normalized spacial score (nSPS) is 10.6. The molecule has 15 heavy (non-hydrogen) atoms. The molecule has 1 aromatic rings. The highest BCUT2D eigenvalue weighted by molar-refractivity contribution is 14.1. The van der Waals surface area contributed by atoms with Crippen LogP contribution < -0.4 is 5.43 Å². The number of nitrogens with zero attached hydrogens (tertiary/aromatic N) is 1. The van der Waals surface area contributed by atoms with Gasteiger partial charge in [-0.15, -0.1) is 0 Å². The number of aromatic hydroxyl groups is 1. The van der Waals surface area contributed by atoms with Gasteiger partial charge in [-0.05, 0) is 56.2 Å². The van der Waals surface area contributed by atoms with Crippen molar-refractivity contribution in [3.8, 4) is 5.75 Å². The van der Waals surface area contributed by atoms with Gasteiger partial charge in [-0.1, -0.05) is 0 Å². The fraction of sp³-hybridized carbons (Fsp3) is 0.111. The minimum absolute atomic E-state index is 0.201. The van der Waals surface area contributed by atoms with E-state index in [9.17, 15) is 9.90 Å². The van der Waals surface area contributed by atoms with Gasteiger partial charge >= 0.3 is 0 Å². The molecule has 0 spiro atoms. The second-order valence-corrected chi connectivity index (χ2v) is 4.78. The van der Waals surface area contributed by atoms with Gasteiger partial charge in [0.25, 0.3) is 0 Å². The first-order valence-corrected chi connectivity index (χ1v) is 5.85. The third-order valence-electron chi connectivity index (χ3n) is 1.47. The Morgan fingerprint density at radius 1 is 1.67 bits per heavy atom. The van der Waals surface area contributed by atoms with Gasteiger partial charge in [-0.2, -0.15) is 5.10 Å². The van der Waals surface area contributed by atoms with E-state index in [4.69, 9.17) is 0 Å². The Labute approximate surface area is 109 Å². The van der Waals surface area contributed by atoms with Crippen molar-refractivity contribution in [2.45, 2.75) is 6.92 Å². The number of benzene rings is 1. The number of amides is 1. The summed E-state index contributed by atoms with van der Waals surface area (Å²) in [6, 6.07) is 3.47. The minimum atomic E-state index is -0.223. The summed E-state index contributed by atoms with van der Waals surface area (Å²) in [4.78, 5) is 10.5. The Morgan fingerprint density at radius 3 is 2.87 bits per heavy atom. The number of carbonyl (C=O) groups is 1. The van der Waals surface area contributed by atoms with Crippen LogP contribution in [0.2, 0.25) is 0 Å². The van der Waals surface area contributed by atoms with Crippen LogP contribution >= 0.6 is 38.5 Å². The van der Waals surface area contributed by atoms with Gasteiger partial charge in [0.05, 0.1) is 14.3 Å². The SMILES string of the molecule is CC(=O)N/N=C\c1cc(Br)c(O)c(I)c1. The minimum Gasteiger partial charge on any atom is -0.506 e. The van der Waals surface area contributed by atoms with E-state index in [-0.39, 0.29) is 11.7 Å². The van der Waals surface area contributed by atoms with Crippen LogP contribution in [0.25, 0.3) is 0 Å². The van der Waals surface area contributed by atoms with Gasteiger partial charge in [0.1, 0.15) is 5.75 Å². The van der Waals surface area contributed by atoms with Crippen molar-refractivity contribution < 1.29 is 9.90 Å². The molecule has 1 aromatic carbocycles. The van der Waals surface area contributed by atoms with Crippen LogP contribution in [-0.2, 0) is 4.79 Å². The molecule has 0 aliphatic carbocycles. The summed E-state index contributed by atoms with van der Waals surface area (Å²) >= 11 is 5.23. The van der Waals surface area contributed by atoms with Crippen molar-refractivity contribution in [2.24, 2.45) is 5.10 Å². The van der Waals surface area contributed by atoms with Crippen molar-refractivity contribution in [3.63, 3.8) is 0 Å². The lowest BCUT2D eigenvalue weighted by Gasteiger charge is -2.01. The lowest BCUT2D eigenvalue weighted by atomic mass is 10.2. The van der Waals surface area contributed by atoms with E-state index in [1.54, 1.807) is 12.1 Å². The predicted octanol–water partition coefficient (Wildman–Crippen LogP) is 2.23. The maximum absolute atomic E-state index is 10.5. The Bertz CT molecular complexity index is 398. The molecule has 0 saturated heterocycles. The third kappa shape index (κ3) is 3.78. The molecule has 0 saturated carbocycles. The molecule has 0 aliphatic heterocycles. The Balaban J connectivity index is 2.87. The second-order valence-electron chi connectivity index (χ2n) is 2.76. The molecule has 4 nitrogen and oxygen atoms in total. The summed E-state index contributed by atoms with van der Waals surface area (Å²) in [6.07, 6.45) is 1.51. The maximum Gasteiger partial charge on any atom is 0.236 e. The van der Waals surface area contributed by atoms with Crippen LogP contribution in [0.3, 0.4) is 0 Å². The Kier molecular flexibility index (Phi) is 4.52. The average molecular weight is 383 g/mol. The maximum atomic E-state index is 10.5. The molecule has 1 rings (SSSR count). The van der Waals surface area contributed by atoms with Gasteiger partial charge in [0.15, 0.2) is 0 Å². The summed E-state index contributed by atoms with van der Waals surface area (Å²) in [6.45, 7) is 1.38. The molecule has 0 fully saturated rings. The van der Waals surface area contributed by atoms with Gasteiger partial charge in [-0.25, -0.2) is 5.43 Å². The van der Waals surface area contributed by atoms with E-state index in [1.807, 2.05) is 22.6 Å². The molecule has 0 unspecified atom stereocenters. The van der Waals surface area contributed by atoms with Crippen LogP contribution in [0.1, 0.15) is 12.5 Å². The van der Waals surface area contributed by atoms with Crippen molar-refractivity contribution in [1.29, 1.82) is 0 Å². The van der Waals surface area contributed by atoms with E-state index in [0.717, 1.165) is 5.56 Å². The molecule has 0 radical (unpaired) electrons. The number of rotatable bonds is 2. The average Bonchev–Trinajstić information content (AvgIpc) is 2.13. The monoisotopic (exact) mass is 382 g/mol. The standard InChI is InChI=1S/C9H8BrIN2O2/c1-5(14)13-12-4-6-2-7(10)9(15)8(11)3-6/h2-4,15H,1H3,(H,13,14)/b12-4-. The lowest BCUT2D eigenvalue weighted by molar-refractivity contribution is -0.118. The van der Waals surface area contributed by atoms with E-state index >= 15 is 0 Å². The van der Waals surface area contributed by atoms with Crippen molar-refractivity contribution in [2.75, 3.05) is 0 Å². The number of hydrogen-bond donors (Lipinski definition) is 2. The molecule has 0 heterocycles. The largest absolute Gasteiger partial charge is 0.506 e. The van der Waals surface area contributed by atoms with E-state index in [1.165, 1.54) is 13.1 Å². The lowest BCUT2D eigenvalue weighted by Crippen LogP contribution is -2.12. The zero-order chi connectivity index (χ0) is 11.4. The topological polar surface area (TPSA) is 61.7 Å². The van der Waals surface area contributed by atoms with Crippen LogP contribution in [0.4, 0.5) is 0 Å². The van der Waals surface area contributed by atoms with Gasteiger partial charge < -0.3 is 5.11 Å². The Hall–Kier alpha value is -0.630. The second kappa shape index (κ2) is 5.45. The number of phenolic OH excluding ortho intramolecular Hbond substituents is 1. The van der Waals surface area contributed by atoms with Gasteiger partial charge in [0, 0.05) is 6.92 Å². The van der Waals surface area contributed by atoms with Crippen molar-refractivity contribution in [3.05, 3.63) is 25.7 Å². The summed E-state index contributed by atoms with van der Waals surface area (Å²) in [5, 5.41) is 13.2. The van der Waals surface area contributed by atoms with Crippen LogP contribution in [0.15, 0.2) is 21.7 Å². The fourth-order valence-electron chi connectivity index (χ4n) is 0.857. The quantitative estimate of drug-likeness (QED) is 0.468. The third-order valence-corrected chi connectivity index (χ3v) is 2.90. The number of carbonyl (C=O) groups excluding carboxylic acids is 1. The molecule has 0 atom stereocenters. The number of nitrogens with one attached hydrogen (secondary N) is 1. The van der Waals surface area contributed by atoms with E-state index < -0.39 is 0 Å². The van der Waals surface area contributed by atoms with Crippen LogP contribution in [0, 0.1) is 3.57 Å². The van der Waals surface area contributed by atoms with Crippen LogP contribution in [-0.4, -0.2) is 17.2 Å². The molecular formula is C9H8BrIN2O2. The highest BCUT2D eigenvalue weighted by atomic mass is 127. The van der Waals surface area contributed by atoms with Crippen LogP contribution in [0.5, 0.6) is 5.75 Å². The summed E-state index contributed by atoms with van der Waals surface area (Å²) in [7, 11) is 0. The first-order valence-electron chi connectivity index (χ1n) is 3.98. The number of phenols is 1. The van der Waals surface area contributed by atoms with Crippen molar-refractivity contribution in [1.82, 2.24) is 5.43 Å². The summed E-state index contributed by atoms with van der Waals surface area (Å²) in [5.41, 5.74) is 3.09. The molecule has 1 amide bonds. The molecule has 6 heteroatoms. The highest BCUT2D eigenvalue weighted by Gasteiger charge is 2.04. The fourth-order valence-corrected chi connectivity index (χ4v) is 2.36. The van der Waals surface area contributed by atoms with Gasteiger partial charge in [-0.3, -0.25) is 4.79 Å². The van der Waals surface area contributed by atoms with E-state index in [2.05, 4.69) is 26.5 Å². The Morgan fingerprint density at radius 2 is 2.33 bits per heavy atom. The predicted molar refractivity (Wildman–Crippen MR) is 69.9 cm³/mol.